The maximum atomic E-state index is 12.6. The molecule has 1 aromatic carbocycles. The normalized spacial score (nSPS) is 11.2. The summed E-state index contributed by atoms with van der Waals surface area (Å²) in [5.74, 6) is 1.45. The molecule has 1 amide bonds. The molecular weight excluding hydrogens is 362 g/mol. The third kappa shape index (κ3) is 4.75. The van der Waals surface area contributed by atoms with Crippen molar-refractivity contribution in [3.63, 3.8) is 0 Å². The van der Waals surface area contributed by atoms with Crippen LogP contribution >= 0.6 is 0 Å². The summed E-state index contributed by atoms with van der Waals surface area (Å²) in [5.41, 5.74) is 3.89. The zero-order valence-electron chi connectivity index (χ0n) is 17.9. The second kappa shape index (κ2) is 9.54. The molecule has 0 aliphatic carbocycles. The van der Waals surface area contributed by atoms with Gasteiger partial charge in [-0.25, -0.2) is 9.97 Å². The van der Waals surface area contributed by atoms with E-state index in [0.717, 1.165) is 47.5 Å². The maximum Gasteiger partial charge on any atom is 0.239 e. The first-order valence-corrected chi connectivity index (χ1v) is 10.5. The first-order valence-electron chi connectivity index (χ1n) is 10.5. The molecule has 0 saturated carbocycles. The van der Waals surface area contributed by atoms with E-state index in [1.807, 2.05) is 29.0 Å². The van der Waals surface area contributed by atoms with Gasteiger partial charge < -0.3 is 14.8 Å². The van der Waals surface area contributed by atoms with Gasteiger partial charge in [-0.2, -0.15) is 0 Å². The van der Waals surface area contributed by atoms with Gasteiger partial charge in [0.05, 0.1) is 0 Å². The molecule has 0 atom stereocenters. The van der Waals surface area contributed by atoms with Crippen molar-refractivity contribution in [1.29, 1.82) is 0 Å². The van der Waals surface area contributed by atoms with Crippen LogP contribution in [-0.4, -0.2) is 40.1 Å². The van der Waals surface area contributed by atoms with E-state index in [0.29, 0.717) is 12.5 Å². The number of nitrogens with one attached hydrogen (secondary N) is 1. The van der Waals surface area contributed by atoms with E-state index >= 15 is 0 Å². The Morgan fingerprint density at radius 2 is 1.86 bits per heavy atom. The highest BCUT2D eigenvalue weighted by molar-refractivity contribution is 5.99. The van der Waals surface area contributed by atoms with Gasteiger partial charge in [0.1, 0.15) is 23.9 Å². The lowest BCUT2D eigenvalue weighted by molar-refractivity contribution is -0.121. The van der Waals surface area contributed by atoms with Crippen LogP contribution in [0.3, 0.4) is 0 Å². The summed E-state index contributed by atoms with van der Waals surface area (Å²) in [6, 6.07) is 10.2. The molecule has 154 valence electrons. The molecule has 0 bridgehead atoms. The van der Waals surface area contributed by atoms with Crippen LogP contribution in [0.4, 0.5) is 5.82 Å². The van der Waals surface area contributed by atoms with Gasteiger partial charge in [0, 0.05) is 31.4 Å². The van der Waals surface area contributed by atoms with Gasteiger partial charge in [-0.1, -0.05) is 44.2 Å². The molecule has 2 heterocycles. The molecule has 3 rings (SSSR count). The topological polar surface area (TPSA) is 63.1 Å². The number of fused-ring (bicyclic) bond motifs is 1. The van der Waals surface area contributed by atoms with Crippen molar-refractivity contribution in [2.24, 2.45) is 5.92 Å². The highest BCUT2D eigenvalue weighted by Crippen LogP contribution is 2.33. The number of nitrogens with zero attached hydrogens (tertiary/aromatic N) is 4. The SMILES string of the molecule is CCN(CC)c1ncnc2c(-c3ccccc3)cn(CC(=O)NCCC(C)C)c12. The van der Waals surface area contributed by atoms with E-state index in [-0.39, 0.29) is 12.5 Å². The zero-order valence-corrected chi connectivity index (χ0v) is 17.9. The molecule has 6 nitrogen and oxygen atoms in total. The zero-order chi connectivity index (χ0) is 20.8. The lowest BCUT2D eigenvalue weighted by atomic mass is 10.1. The summed E-state index contributed by atoms with van der Waals surface area (Å²) in [6.45, 7) is 11.2. The van der Waals surface area contributed by atoms with Crippen LogP contribution in [0.5, 0.6) is 0 Å². The van der Waals surface area contributed by atoms with Crippen LogP contribution in [-0.2, 0) is 11.3 Å². The molecule has 0 aliphatic heterocycles. The fraction of sp³-hybridized carbons (Fsp3) is 0.435. The Kier molecular flexibility index (Phi) is 6.86. The maximum absolute atomic E-state index is 12.6. The fourth-order valence-electron chi connectivity index (χ4n) is 3.53. The molecule has 0 unspecified atom stereocenters. The van der Waals surface area contributed by atoms with Crippen molar-refractivity contribution in [1.82, 2.24) is 19.9 Å². The summed E-state index contributed by atoms with van der Waals surface area (Å²) >= 11 is 0. The summed E-state index contributed by atoms with van der Waals surface area (Å²) in [7, 11) is 0. The van der Waals surface area contributed by atoms with Crippen LogP contribution in [0, 0.1) is 5.92 Å². The van der Waals surface area contributed by atoms with Crippen LogP contribution in [0.2, 0.25) is 0 Å². The first-order chi connectivity index (χ1) is 14.0. The summed E-state index contributed by atoms with van der Waals surface area (Å²) in [5, 5.41) is 3.04. The number of benzene rings is 1. The fourth-order valence-corrected chi connectivity index (χ4v) is 3.53. The molecule has 29 heavy (non-hydrogen) atoms. The Morgan fingerprint density at radius 1 is 1.14 bits per heavy atom. The Labute approximate surface area is 173 Å². The number of amides is 1. The van der Waals surface area contributed by atoms with E-state index in [2.05, 4.69) is 60.0 Å². The lowest BCUT2D eigenvalue weighted by Crippen LogP contribution is -2.29. The van der Waals surface area contributed by atoms with Gasteiger partial charge in [0.25, 0.3) is 0 Å². The minimum atomic E-state index is 0.0107. The second-order valence-electron chi connectivity index (χ2n) is 7.64. The Bertz CT molecular complexity index is 945. The lowest BCUT2D eigenvalue weighted by Gasteiger charge is -2.21. The quantitative estimate of drug-likeness (QED) is 0.594. The van der Waals surface area contributed by atoms with E-state index < -0.39 is 0 Å². The predicted molar refractivity (Wildman–Crippen MR) is 119 cm³/mol. The molecular formula is C23H31N5O. The van der Waals surface area contributed by atoms with Crippen molar-refractivity contribution in [2.45, 2.75) is 40.7 Å². The van der Waals surface area contributed by atoms with Gasteiger partial charge in [0.2, 0.25) is 5.91 Å². The number of carbonyl (C=O) groups is 1. The highest BCUT2D eigenvalue weighted by atomic mass is 16.1. The number of anilines is 1. The largest absolute Gasteiger partial charge is 0.355 e. The molecule has 0 radical (unpaired) electrons. The third-order valence-corrected chi connectivity index (χ3v) is 5.14. The average molecular weight is 394 g/mol. The second-order valence-corrected chi connectivity index (χ2v) is 7.64. The minimum absolute atomic E-state index is 0.0107. The molecule has 2 aromatic heterocycles. The van der Waals surface area contributed by atoms with Gasteiger partial charge in [-0.3, -0.25) is 4.79 Å². The van der Waals surface area contributed by atoms with Crippen molar-refractivity contribution in [3.05, 3.63) is 42.9 Å². The summed E-state index contributed by atoms with van der Waals surface area (Å²) in [6.07, 6.45) is 4.63. The molecule has 0 fully saturated rings. The van der Waals surface area contributed by atoms with E-state index in [1.165, 1.54) is 0 Å². The van der Waals surface area contributed by atoms with Crippen LogP contribution in [0.15, 0.2) is 42.9 Å². The van der Waals surface area contributed by atoms with Crippen LogP contribution in [0.1, 0.15) is 34.1 Å². The van der Waals surface area contributed by atoms with E-state index in [1.54, 1.807) is 6.33 Å². The van der Waals surface area contributed by atoms with Crippen LogP contribution < -0.4 is 10.2 Å². The number of rotatable bonds is 9. The standard InChI is InChI=1S/C23H31N5O/c1-5-27(6-2)23-22-21(25-16-26-23)19(18-10-8-7-9-11-18)14-28(22)15-20(29)24-13-12-17(3)4/h7-11,14,16-17H,5-6,12-13,15H2,1-4H3,(H,24,29). The van der Waals surface area contributed by atoms with Crippen LogP contribution in [0.25, 0.3) is 22.2 Å². The van der Waals surface area contributed by atoms with Gasteiger partial charge in [-0.15, -0.1) is 0 Å². The number of aromatic nitrogens is 3. The monoisotopic (exact) mass is 393 g/mol. The molecule has 0 spiro atoms. The van der Waals surface area contributed by atoms with E-state index in [9.17, 15) is 4.79 Å². The molecule has 0 saturated heterocycles. The van der Waals surface area contributed by atoms with E-state index in [4.69, 9.17) is 0 Å². The molecule has 6 heteroatoms. The minimum Gasteiger partial charge on any atom is -0.355 e. The summed E-state index contributed by atoms with van der Waals surface area (Å²) in [4.78, 5) is 24.0. The smallest absolute Gasteiger partial charge is 0.239 e. The molecule has 3 aromatic rings. The Balaban J connectivity index is 2.04. The van der Waals surface area contributed by atoms with Gasteiger partial charge in [-0.05, 0) is 31.7 Å². The Hall–Kier alpha value is -2.89. The number of hydrogen-bond donors (Lipinski definition) is 1. The van der Waals surface area contributed by atoms with Crippen molar-refractivity contribution in [3.8, 4) is 11.1 Å². The highest BCUT2D eigenvalue weighted by Gasteiger charge is 2.19. The van der Waals surface area contributed by atoms with Gasteiger partial charge in [0.15, 0.2) is 5.82 Å². The summed E-state index contributed by atoms with van der Waals surface area (Å²) < 4.78 is 2.00. The van der Waals surface area contributed by atoms with Crippen molar-refractivity contribution < 1.29 is 4.79 Å². The predicted octanol–water partition coefficient (Wildman–Crippen LogP) is 4.11. The van der Waals surface area contributed by atoms with Crippen molar-refractivity contribution in [2.75, 3.05) is 24.5 Å². The van der Waals surface area contributed by atoms with Crippen molar-refractivity contribution >= 4 is 22.8 Å². The van der Waals surface area contributed by atoms with Gasteiger partial charge >= 0.3 is 0 Å². The molecule has 0 aliphatic rings. The first kappa shape index (κ1) is 20.8. The number of hydrogen-bond acceptors (Lipinski definition) is 4. The number of carbonyl (C=O) groups excluding carboxylic acids is 1. The Morgan fingerprint density at radius 3 is 2.52 bits per heavy atom. The average Bonchev–Trinajstić information content (AvgIpc) is 3.08. The molecule has 1 N–H and O–H groups in total. The third-order valence-electron chi connectivity index (χ3n) is 5.14.